The van der Waals surface area contributed by atoms with Crippen LogP contribution in [0.15, 0.2) is 24.3 Å². The number of nitrogens with one attached hydrogen (secondary N) is 1. The monoisotopic (exact) mass is 258 g/mol. The number of anilines is 1. The second-order valence-electron chi connectivity index (χ2n) is 5.70. The van der Waals surface area contributed by atoms with Crippen LogP contribution in [0.4, 0.5) is 5.69 Å². The van der Waals surface area contributed by atoms with Crippen molar-refractivity contribution in [2.45, 2.75) is 44.6 Å². The molecule has 0 aromatic heterocycles. The summed E-state index contributed by atoms with van der Waals surface area (Å²) in [5.41, 5.74) is 2.58. The third-order valence-electron chi connectivity index (χ3n) is 3.99. The highest BCUT2D eigenvalue weighted by atomic mass is 16.1. The summed E-state index contributed by atoms with van der Waals surface area (Å²) in [7, 11) is 0. The van der Waals surface area contributed by atoms with Crippen LogP contribution in [0.1, 0.15) is 37.7 Å². The fourth-order valence-electron chi connectivity index (χ4n) is 2.63. The van der Waals surface area contributed by atoms with Gasteiger partial charge in [-0.3, -0.25) is 4.79 Å². The van der Waals surface area contributed by atoms with Gasteiger partial charge in [0, 0.05) is 31.2 Å². The first-order valence-electron chi connectivity index (χ1n) is 7.44. The molecule has 0 bridgehead atoms. The van der Waals surface area contributed by atoms with Gasteiger partial charge in [0.05, 0.1) is 0 Å². The number of rotatable bonds is 5. The van der Waals surface area contributed by atoms with Gasteiger partial charge >= 0.3 is 0 Å². The Bertz CT molecular complexity index is 431. The maximum Gasteiger partial charge on any atom is 0.220 e. The first-order valence-corrected chi connectivity index (χ1v) is 7.44. The zero-order valence-electron chi connectivity index (χ0n) is 11.4. The van der Waals surface area contributed by atoms with Gasteiger partial charge < -0.3 is 10.2 Å². The lowest BCUT2D eigenvalue weighted by Crippen LogP contribution is -2.25. The second kappa shape index (κ2) is 5.64. The van der Waals surface area contributed by atoms with Crippen LogP contribution in [0.3, 0.4) is 0 Å². The van der Waals surface area contributed by atoms with Crippen molar-refractivity contribution in [3.05, 3.63) is 29.8 Å². The molecule has 1 aliphatic carbocycles. The molecule has 102 valence electrons. The van der Waals surface area contributed by atoms with Crippen LogP contribution in [0, 0.1) is 0 Å². The Hall–Kier alpha value is -1.51. The lowest BCUT2D eigenvalue weighted by Gasteiger charge is -2.17. The third-order valence-corrected chi connectivity index (χ3v) is 3.99. The zero-order valence-corrected chi connectivity index (χ0v) is 11.4. The second-order valence-corrected chi connectivity index (χ2v) is 5.70. The summed E-state index contributed by atoms with van der Waals surface area (Å²) in [5.74, 6) is 0.200. The SMILES string of the molecule is O=C(CCc1ccc(N2CCCC2)cc1)NC1CC1. The van der Waals surface area contributed by atoms with Crippen LogP contribution < -0.4 is 10.2 Å². The van der Waals surface area contributed by atoms with Crippen molar-refractivity contribution in [1.29, 1.82) is 0 Å². The number of aryl methyl sites for hydroxylation is 1. The summed E-state index contributed by atoms with van der Waals surface area (Å²) in [6, 6.07) is 9.19. The third kappa shape index (κ3) is 3.49. The Labute approximate surface area is 115 Å². The maximum atomic E-state index is 11.6. The molecule has 0 unspecified atom stereocenters. The van der Waals surface area contributed by atoms with E-state index in [0.29, 0.717) is 12.5 Å². The Morgan fingerprint density at radius 3 is 2.47 bits per heavy atom. The van der Waals surface area contributed by atoms with Crippen molar-refractivity contribution >= 4 is 11.6 Å². The maximum absolute atomic E-state index is 11.6. The molecular formula is C16H22N2O. The summed E-state index contributed by atoms with van der Waals surface area (Å²) in [4.78, 5) is 14.1. The topological polar surface area (TPSA) is 32.3 Å². The van der Waals surface area contributed by atoms with E-state index in [9.17, 15) is 4.79 Å². The van der Waals surface area contributed by atoms with Crippen LogP contribution in [0.5, 0.6) is 0 Å². The van der Waals surface area contributed by atoms with Crippen molar-refractivity contribution < 1.29 is 4.79 Å². The Kier molecular flexibility index (Phi) is 3.72. The molecule has 1 amide bonds. The molecule has 0 radical (unpaired) electrons. The van der Waals surface area contributed by atoms with Gasteiger partial charge in [0.2, 0.25) is 5.91 Å². The van der Waals surface area contributed by atoms with Crippen molar-refractivity contribution in [1.82, 2.24) is 5.32 Å². The van der Waals surface area contributed by atoms with Gasteiger partial charge in [0.25, 0.3) is 0 Å². The van der Waals surface area contributed by atoms with Gasteiger partial charge in [-0.2, -0.15) is 0 Å². The van der Waals surface area contributed by atoms with Crippen molar-refractivity contribution in [2.24, 2.45) is 0 Å². The van der Waals surface area contributed by atoms with Gasteiger partial charge in [0.15, 0.2) is 0 Å². The van der Waals surface area contributed by atoms with Crippen LogP contribution in [-0.2, 0) is 11.2 Å². The number of carbonyl (C=O) groups is 1. The predicted molar refractivity (Wildman–Crippen MR) is 77.4 cm³/mol. The van der Waals surface area contributed by atoms with Crippen LogP contribution >= 0.6 is 0 Å². The lowest BCUT2D eigenvalue weighted by atomic mass is 10.1. The number of amides is 1. The van der Waals surface area contributed by atoms with E-state index in [0.717, 1.165) is 19.3 Å². The van der Waals surface area contributed by atoms with E-state index in [1.54, 1.807) is 0 Å². The van der Waals surface area contributed by atoms with Gasteiger partial charge in [-0.1, -0.05) is 12.1 Å². The highest BCUT2D eigenvalue weighted by Gasteiger charge is 2.22. The number of nitrogens with zero attached hydrogens (tertiary/aromatic N) is 1. The van der Waals surface area contributed by atoms with E-state index in [4.69, 9.17) is 0 Å². The van der Waals surface area contributed by atoms with Gasteiger partial charge in [0.1, 0.15) is 0 Å². The van der Waals surface area contributed by atoms with Gasteiger partial charge in [-0.15, -0.1) is 0 Å². The molecule has 3 nitrogen and oxygen atoms in total. The molecule has 19 heavy (non-hydrogen) atoms. The zero-order chi connectivity index (χ0) is 13.1. The molecule has 1 aromatic rings. The van der Waals surface area contributed by atoms with Crippen LogP contribution in [-0.4, -0.2) is 25.0 Å². The van der Waals surface area contributed by atoms with E-state index in [1.165, 1.54) is 37.2 Å². The normalized spacial score (nSPS) is 18.6. The molecule has 0 atom stereocenters. The minimum absolute atomic E-state index is 0.200. The Balaban J connectivity index is 1.49. The molecule has 1 aliphatic heterocycles. The molecule has 1 heterocycles. The first kappa shape index (κ1) is 12.5. The molecule has 1 aromatic carbocycles. The molecule has 1 saturated heterocycles. The minimum atomic E-state index is 0.200. The summed E-state index contributed by atoms with van der Waals surface area (Å²) in [6.07, 6.45) is 6.40. The van der Waals surface area contributed by atoms with E-state index in [1.807, 2.05) is 0 Å². The number of hydrogen-bond acceptors (Lipinski definition) is 2. The average Bonchev–Trinajstić information content (AvgIpc) is 3.07. The highest BCUT2D eigenvalue weighted by Crippen LogP contribution is 2.21. The molecule has 1 N–H and O–H groups in total. The van der Waals surface area contributed by atoms with Gasteiger partial charge in [-0.05, 0) is 49.8 Å². The Morgan fingerprint density at radius 2 is 1.84 bits per heavy atom. The van der Waals surface area contributed by atoms with E-state index in [2.05, 4.69) is 34.5 Å². The standard InChI is InChI=1S/C16H22N2O/c19-16(17-14-6-7-14)10-5-13-3-8-15(9-4-13)18-11-1-2-12-18/h3-4,8-9,14H,1-2,5-7,10-12H2,(H,17,19). The molecule has 2 fully saturated rings. The Morgan fingerprint density at radius 1 is 1.16 bits per heavy atom. The van der Waals surface area contributed by atoms with Crippen molar-refractivity contribution in [2.75, 3.05) is 18.0 Å². The summed E-state index contributed by atoms with van der Waals surface area (Å²) in [6.45, 7) is 2.37. The number of carbonyl (C=O) groups excluding carboxylic acids is 1. The fraction of sp³-hybridized carbons (Fsp3) is 0.562. The quantitative estimate of drug-likeness (QED) is 0.880. The first-order chi connectivity index (χ1) is 9.31. The molecule has 3 rings (SSSR count). The molecule has 2 aliphatic rings. The van der Waals surface area contributed by atoms with Crippen LogP contribution in [0.2, 0.25) is 0 Å². The summed E-state index contributed by atoms with van der Waals surface area (Å²) >= 11 is 0. The summed E-state index contributed by atoms with van der Waals surface area (Å²) < 4.78 is 0. The highest BCUT2D eigenvalue weighted by molar-refractivity contribution is 5.76. The summed E-state index contributed by atoms with van der Waals surface area (Å²) in [5, 5.41) is 3.03. The van der Waals surface area contributed by atoms with E-state index in [-0.39, 0.29) is 5.91 Å². The molecular weight excluding hydrogens is 236 g/mol. The predicted octanol–water partition coefficient (Wildman–Crippen LogP) is 2.50. The molecule has 1 saturated carbocycles. The smallest absolute Gasteiger partial charge is 0.220 e. The lowest BCUT2D eigenvalue weighted by molar-refractivity contribution is -0.121. The van der Waals surface area contributed by atoms with Crippen molar-refractivity contribution in [3.63, 3.8) is 0 Å². The fourth-order valence-corrected chi connectivity index (χ4v) is 2.63. The minimum Gasteiger partial charge on any atom is -0.372 e. The van der Waals surface area contributed by atoms with Crippen molar-refractivity contribution in [3.8, 4) is 0 Å². The molecule has 0 spiro atoms. The number of hydrogen-bond donors (Lipinski definition) is 1. The van der Waals surface area contributed by atoms with Crippen LogP contribution in [0.25, 0.3) is 0 Å². The number of benzene rings is 1. The molecule has 3 heteroatoms. The van der Waals surface area contributed by atoms with E-state index >= 15 is 0 Å². The average molecular weight is 258 g/mol. The largest absolute Gasteiger partial charge is 0.372 e. The van der Waals surface area contributed by atoms with E-state index < -0.39 is 0 Å². The van der Waals surface area contributed by atoms with Gasteiger partial charge in [-0.25, -0.2) is 0 Å².